The minimum Gasteiger partial charge on any atom is -0.493 e. The smallest absolute Gasteiger partial charge is 0.180 e. The summed E-state index contributed by atoms with van der Waals surface area (Å²) in [5.41, 5.74) is 1.05. The topological polar surface area (TPSA) is 30.5 Å². The number of benzene rings is 1. The third-order valence-corrected chi connectivity index (χ3v) is 4.00. The lowest BCUT2D eigenvalue weighted by molar-refractivity contribution is 0.326. The van der Waals surface area contributed by atoms with Crippen LogP contribution in [0.3, 0.4) is 0 Å². The molecule has 0 saturated carbocycles. The van der Waals surface area contributed by atoms with Crippen LogP contribution in [-0.2, 0) is 13.1 Å². The molecule has 2 aromatic rings. The summed E-state index contributed by atoms with van der Waals surface area (Å²) < 4.78 is 10.9. The first kappa shape index (κ1) is 15.9. The van der Waals surface area contributed by atoms with Gasteiger partial charge in [0.1, 0.15) is 6.61 Å². The van der Waals surface area contributed by atoms with Crippen molar-refractivity contribution < 1.29 is 9.47 Å². The Morgan fingerprint density at radius 3 is 2.90 bits per heavy atom. The molecule has 3 nitrogen and oxygen atoms in total. The van der Waals surface area contributed by atoms with Gasteiger partial charge in [-0.05, 0) is 29.1 Å². The van der Waals surface area contributed by atoms with Crippen LogP contribution in [0.25, 0.3) is 0 Å². The van der Waals surface area contributed by atoms with E-state index in [-0.39, 0.29) is 0 Å². The molecule has 0 spiro atoms. The molecule has 0 radical (unpaired) electrons. The van der Waals surface area contributed by atoms with Gasteiger partial charge in [0.15, 0.2) is 11.5 Å². The van der Waals surface area contributed by atoms with Crippen molar-refractivity contribution in [3.63, 3.8) is 0 Å². The van der Waals surface area contributed by atoms with Crippen molar-refractivity contribution in [2.24, 2.45) is 0 Å². The van der Waals surface area contributed by atoms with Gasteiger partial charge in [-0.15, -0.1) is 11.3 Å². The van der Waals surface area contributed by atoms with Gasteiger partial charge in [-0.2, -0.15) is 0 Å². The molecule has 21 heavy (non-hydrogen) atoms. The first-order valence-corrected chi connectivity index (χ1v) is 7.83. The van der Waals surface area contributed by atoms with E-state index in [0.717, 1.165) is 18.7 Å². The van der Waals surface area contributed by atoms with Gasteiger partial charge in [0.2, 0.25) is 0 Å². The molecule has 112 valence electrons. The summed E-state index contributed by atoms with van der Waals surface area (Å²) in [5.74, 6) is 1.19. The van der Waals surface area contributed by atoms with Gasteiger partial charge in [0.25, 0.3) is 0 Å². The average molecular weight is 324 g/mol. The predicted octanol–water partition coefficient (Wildman–Crippen LogP) is 4.26. The molecule has 0 bridgehead atoms. The Labute approximate surface area is 134 Å². The summed E-state index contributed by atoms with van der Waals surface area (Å²) in [7, 11) is 1.61. The van der Waals surface area contributed by atoms with Crippen molar-refractivity contribution >= 4 is 22.9 Å². The second-order valence-corrected chi connectivity index (χ2v) is 5.83. The lowest BCUT2D eigenvalue weighted by Crippen LogP contribution is -2.12. The van der Waals surface area contributed by atoms with E-state index in [1.54, 1.807) is 24.5 Å². The van der Waals surface area contributed by atoms with E-state index in [4.69, 9.17) is 21.1 Å². The van der Waals surface area contributed by atoms with Gasteiger partial charge in [-0.1, -0.05) is 30.3 Å². The summed E-state index contributed by atoms with van der Waals surface area (Å²) in [5, 5.41) is 6.00. The maximum absolute atomic E-state index is 6.26. The zero-order valence-electron chi connectivity index (χ0n) is 11.9. The SMILES string of the molecule is C=CCOc1c(Cl)cc(CNCc2cccs2)cc1OC. The summed E-state index contributed by atoms with van der Waals surface area (Å²) in [6.07, 6.45) is 1.67. The van der Waals surface area contributed by atoms with E-state index >= 15 is 0 Å². The molecule has 2 rings (SSSR count). The van der Waals surface area contributed by atoms with Gasteiger partial charge in [-0.25, -0.2) is 0 Å². The number of hydrogen-bond acceptors (Lipinski definition) is 4. The molecular weight excluding hydrogens is 306 g/mol. The number of hydrogen-bond donors (Lipinski definition) is 1. The largest absolute Gasteiger partial charge is 0.493 e. The number of nitrogens with one attached hydrogen (secondary N) is 1. The van der Waals surface area contributed by atoms with Crippen LogP contribution in [0.2, 0.25) is 5.02 Å². The van der Waals surface area contributed by atoms with E-state index < -0.39 is 0 Å². The van der Waals surface area contributed by atoms with Crippen molar-refractivity contribution in [2.45, 2.75) is 13.1 Å². The van der Waals surface area contributed by atoms with Gasteiger partial charge in [-0.3, -0.25) is 0 Å². The van der Waals surface area contributed by atoms with Crippen molar-refractivity contribution in [1.82, 2.24) is 5.32 Å². The fraction of sp³-hybridized carbons (Fsp3) is 0.250. The Kier molecular flexibility index (Phi) is 6.11. The molecule has 0 fully saturated rings. The van der Waals surface area contributed by atoms with E-state index in [1.165, 1.54) is 4.88 Å². The molecule has 0 aliphatic carbocycles. The molecule has 1 aromatic carbocycles. The van der Waals surface area contributed by atoms with E-state index in [1.807, 2.05) is 18.2 Å². The Bertz CT molecular complexity index is 584. The highest BCUT2D eigenvalue weighted by molar-refractivity contribution is 7.09. The second-order valence-electron chi connectivity index (χ2n) is 4.39. The van der Waals surface area contributed by atoms with Gasteiger partial charge in [0.05, 0.1) is 12.1 Å². The summed E-state index contributed by atoms with van der Waals surface area (Å²) in [4.78, 5) is 1.30. The molecule has 1 heterocycles. The van der Waals surface area contributed by atoms with Crippen LogP contribution in [0, 0.1) is 0 Å². The monoisotopic (exact) mass is 323 g/mol. The summed E-state index contributed by atoms with van der Waals surface area (Å²) in [6, 6.07) is 7.99. The van der Waals surface area contributed by atoms with Crippen molar-refractivity contribution in [2.75, 3.05) is 13.7 Å². The summed E-state index contributed by atoms with van der Waals surface area (Å²) in [6.45, 7) is 5.58. The molecule has 0 aliphatic rings. The molecule has 0 atom stereocenters. The normalized spacial score (nSPS) is 10.4. The van der Waals surface area contributed by atoms with Crippen molar-refractivity contribution in [3.05, 3.63) is 57.8 Å². The Balaban J connectivity index is 2.02. The van der Waals surface area contributed by atoms with E-state index in [2.05, 4.69) is 23.3 Å². The highest BCUT2D eigenvalue weighted by atomic mass is 35.5. The Hall–Kier alpha value is -1.49. The fourth-order valence-electron chi connectivity index (χ4n) is 1.90. The maximum Gasteiger partial charge on any atom is 0.180 e. The minimum absolute atomic E-state index is 0.395. The molecule has 0 amide bonds. The van der Waals surface area contributed by atoms with Gasteiger partial charge >= 0.3 is 0 Å². The van der Waals surface area contributed by atoms with Crippen molar-refractivity contribution in [3.8, 4) is 11.5 Å². The molecular formula is C16H18ClNO2S. The predicted molar refractivity (Wildman–Crippen MR) is 88.6 cm³/mol. The third-order valence-electron chi connectivity index (χ3n) is 2.84. The number of methoxy groups -OCH3 is 1. The standard InChI is InChI=1S/C16H18ClNO2S/c1-3-6-20-16-14(17)8-12(9-15(16)19-2)10-18-11-13-5-4-7-21-13/h3-5,7-9,18H,1,6,10-11H2,2H3. The van der Waals surface area contributed by atoms with Crippen LogP contribution < -0.4 is 14.8 Å². The average Bonchev–Trinajstić information content (AvgIpc) is 2.99. The van der Waals surface area contributed by atoms with Crippen LogP contribution in [0.15, 0.2) is 42.3 Å². The quantitative estimate of drug-likeness (QED) is 0.736. The molecule has 5 heteroatoms. The van der Waals surface area contributed by atoms with Gasteiger partial charge in [0, 0.05) is 18.0 Å². The first-order chi connectivity index (χ1) is 10.2. The first-order valence-electron chi connectivity index (χ1n) is 6.57. The van der Waals surface area contributed by atoms with Crippen LogP contribution in [0.4, 0.5) is 0 Å². The number of ether oxygens (including phenoxy) is 2. The lowest BCUT2D eigenvalue weighted by Gasteiger charge is -2.13. The number of halogens is 1. The highest BCUT2D eigenvalue weighted by Crippen LogP contribution is 2.36. The molecule has 0 aliphatic heterocycles. The zero-order valence-corrected chi connectivity index (χ0v) is 13.5. The minimum atomic E-state index is 0.395. The zero-order chi connectivity index (χ0) is 15.1. The van der Waals surface area contributed by atoms with Gasteiger partial charge < -0.3 is 14.8 Å². The second kappa shape index (κ2) is 8.08. The molecule has 1 aromatic heterocycles. The Morgan fingerprint density at radius 2 is 2.24 bits per heavy atom. The van der Waals surface area contributed by atoms with Crippen LogP contribution in [0.1, 0.15) is 10.4 Å². The Morgan fingerprint density at radius 1 is 1.38 bits per heavy atom. The number of rotatable bonds is 8. The van der Waals surface area contributed by atoms with E-state index in [0.29, 0.717) is 23.1 Å². The molecule has 0 unspecified atom stereocenters. The third kappa shape index (κ3) is 4.49. The maximum atomic E-state index is 6.26. The van der Waals surface area contributed by atoms with Crippen LogP contribution >= 0.6 is 22.9 Å². The van der Waals surface area contributed by atoms with Crippen LogP contribution in [0.5, 0.6) is 11.5 Å². The number of thiophene rings is 1. The fourth-order valence-corrected chi connectivity index (χ4v) is 2.86. The van der Waals surface area contributed by atoms with E-state index in [9.17, 15) is 0 Å². The van der Waals surface area contributed by atoms with Crippen LogP contribution in [-0.4, -0.2) is 13.7 Å². The lowest BCUT2D eigenvalue weighted by atomic mass is 10.2. The highest BCUT2D eigenvalue weighted by Gasteiger charge is 2.11. The van der Waals surface area contributed by atoms with Crippen molar-refractivity contribution in [1.29, 1.82) is 0 Å². The molecule has 0 saturated heterocycles. The molecule has 1 N–H and O–H groups in total. The summed E-state index contributed by atoms with van der Waals surface area (Å²) >= 11 is 8.00.